The lowest BCUT2D eigenvalue weighted by Gasteiger charge is -2.07. The summed E-state index contributed by atoms with van der Waals surface area (Å²) in [6.45, 7) is -0.174. The summed E-state index contributed by atoms with van der Waals surface area (Å²) in [5, 5.41) is 9.45. The van der Waals surface area contributed by atoms with Crippen LogP contribution in [-0.2, 0) is 16.6 Å². The molecule has 0 amide bonds. The molecule has 8 heteroatoms. The number of halogens is 2. The molecule has 0 saturated heterocycles. The number of anilines is 1. The summed E-state index contributed by atoms with van der Waals surface area (Å²) in [6, 6.07) is 7.79. The van der Waals surface area contributed by atoms with Crippen LogP contribution >= 0.6 is 38.9 Å². The van der Waals surface area contributed by atoms with Gasteiger partial charge in [-0.2, -0.15) is 0 Å². The van der Waals surface area contributed by atoms with Crippen LogP contribution < -0.4 is 4.72 Å². The van der Waals surface area contributed by atoms with Crippen molar-refractivity contribution in [2.45, 2.75) is 10.8 Å². The van der Waals surface area contributed by atoms with E-state index in [1.807, 2.05) is 0 Å². The predicted molar refractivity (Wildman–Crippen MR) is 80.2 cm³/mol. The van der Waals surface area contributed by atoms with Crippen molar-refractivity contribution in [3.05, 3.63) is 44.7 Å². The molecule has 1 aromatic carbocycles. The molecule has 0 saturated carbocycles. The van der Waals surface area contributed by atoms with Gasteiger partial charge in [-0.25, -0.2) is 8.42 Å². The van der Waals surface area contributed by atoms with Crippen LogP contribution in [-0.4, -0.2) is 13.5 Å². The van der Waals surface area contributed by atoms with Crippen molar-refractivity contribution in [2.24, 2.45) is 0 Å². The molecule has 0 atom stereocenters. The summed E-state index contributed by atoms with van der Waals surface area (Å²) < 4.78 is 27.4. The number of hydrogen-bond donors (Lipinski definition) is 2. The molecule has 0 radical (unpaired) electrons. The minimum absolute atomic E-state index is 0.155. The Morgan fingerprint density at radius 1 is 1.32 bits per heavy atom. The molecule has 0 aliphatic heterocycles. The molecule has 102 valence electrons. The molecule has 0 aliphatic carbocycles. The van der Waals surface area contributed by atoms with Gasteiger partial charge in [0.15, 0.2) is 0 Å². The van der Waals surface area contributed by atoms with Crippen LogP contribution in [0.1, 0.15) is 4.88 Å². The first-order chi connectivity index (χ1) is 8.92. The molecule has 2 rings (SSSR count). The Morgan fingerprint density at radius 2 is 2.05 bits per heavy atom. The van der Waals surface area contributed by atoms with E-state index in [0.29, 0.717) is 20.1 Å². The summed E-state index contributed by atoms with van der Waals surface area (Å²) in [4.78, 5) is 0.595. The van der Waals surface area contributed by atoms with E-state index in [-0.39, 0.29) is 10.8 Å². The Hall–Kier alpha value is -0.600. The van der Waals surface area contributed by atoms with E-state index in [1.54, 1.807) is 24.3 Å². The lowest BCUT2D eigenvalue weighted by atomic mass is 10.3. The van der Waals surface area contributed by atoms with E-state index in [9.17, 15) is 8.42 Å². The van der Waals surface area contributed by atoms with Gasteiger partial charge in [-0.3, -0.25) is 4.72 Å². The molecule has 2 aromatic rings. The van der Waals surface area contributed by atoms with E-state index < -0.39 is 10.0 Å². The van der Waals surface area contributed by atoms with Crippen molar-refractivity contribution in [3.63, 3.8) is 0 Å². The molecule has 1 aromatic heterocycles. The highest BCUT2D eigenvalue weighted by atomic mass is 79.9. The molecular weight excluding hydrogens is 374 g/mol. The van der Waals surface area contributed by atoms with Crippen molar-refractivity contribution in [2.75, 3.05) is 4.72 Å². The molecule has 0 bridgehead atoms. The molecule has 0 fully saturated rings. The van der Waals surface area contributed by atoms with Gasteiger partial charge in [0.25, 0.3) is 10.0 Å². The maximum Gasteiger partial charge on any atom is 0.271 e. The van der Waals surface area contributed by atoms with Gasteiger partial charge in [0, 0.05) is 9.35 Å². The van der Waals surface area contributed by atoms with E-state index in [1.165, 1.54) is 6.07 Å². The van der Waals surface area contributed by atoms with Gasteiger partial charge in [-0.05, 0) is 46.3 Å². The molecule has 19 heavy (non-hydrogen) atoms. The lowest BCUT2D eigenvalue weighted by Crippen LogP contribution is -2.11. The third kappa shape index (κ3) is 3.49. The third-order valence-electron chi connectivity index (χ3n) is 2.23. The monoisotopic (exact) mass is 381 g/mol. The van der Waals surface area contributed by atoms with Crippen LogP contribution in [0.25, 0.3) is 0 Å². The minimum atomic E-state index is -3.64. The van der Waals surface area contributed by atoms with Crippen LogP contribution in [0.3, 0.4) is 0 Å². The van der Waals surface area contributed by atoms with Gasteiger partial charge in [-0.15, -0.1) is 11.3 Å². The van der Waals surface area contributed by atoms with Crippen molar-refractivity contribution >= 4 is 54.6 Å². The molecule has 1 heterocycles. The maximum atomic E-state index is 12.1. The lowest BCUT2D eigenvalue weighted by molar-refractivity contribution is 0.285. The highest BCUT2D eigenvalue weighted by molar-refractivity contribution is 9.10. The smallest absolute Gasteiger partial charge is 0.271 e. The summed E-state index contributed by atoms with van der Waals surface area (Å²) in [5.41, 5.74) is 0.412. The van der Waals surface area contributed by atoms with Gasteiger partial charge >= 0.3 is 0 Å². The average molecular weight is 383 g/mol. The van der Waals surface area contributed by atoms with Crippen LogP contribution in [0.15, 0.2) is 39.0 Å². The first-order valence-electron chi connectivity index (χ1n) is 5.10. The molecular formula is C11H9BrClNO3S2. The first kappa shape index (κ1) is 14.8. The number of thiophene rings is 1. The van der Waals surface area contributed by atoms with Gasteiger partial charge in [0.05, 0.1) is 17.3 Å². The van der Waals surface area contributed by atoms with Crippen molar-refractivity contribution in [3.8, 4) is 0 Å². The quantitative estimate of drug-likeness (QED) is 0.851. The van der Waals surface area contributed by atoms with Gasteiger partial charge in [0.2, 0.25) is 0 Å². The Kier molecular flexibility index (Phi) is 4.52. The van der Waals surface area contributed by atoms with E-state index in [0.717, 1.165) is 11.3 Å². The molecule has 0 spiro atoms. The van der Waals surface area contributed by atoms with Crippen molar-refractivity contribution in [1.82, 2.24) is 0 Å². The van der Waals surface area contributed by atoms with Gasteiger partial charge in [0.1, 0.15) is 4.21 Å². The second kappa shape index (κ2) is 5.80. The van der Waals surface area contributed by atoms with Crippen molar-refractivity contribution < 1.29 is 13.5 Å². The van der Waals surface area contributed by atoms with Crippen molar-refractivity contribution in [1.29, 1.82) is 0 Å². The zero-order chi connectivity index (χ0) is 14.0. The first-order valence-corrected chi connectivity index (χ1v) is 8.57. The topological polar surface area (TPSA) is 66.4 Å². The summed E-state index contributed by atoms with van der Waals surface area (Å²) in [6.07, 6.45) is 0. The largest absolute Gasteiger partial charge is 0.391 e. The van der Waals surface area contributed by atoms with Crippen LogP contribution in [0, 0.1) is 0 Å². The zero-order valence-corrected chi connectivity index (χ0v) is 13.4. The van der Waals surface area contributed by atoms with E-state index >= 15 is 0 Å². The predicted octanol–water partition coefficient (Wildman–Crippen LogP) is 3.46. The summed E-state index contributed by atoms with van der Waals surface area (Å²) in [5.74, 6) is 0. The van der Waals surface area contributed by atoms with Crippen LogP contribution in [0.5, 0.6) is 0 Å². The standard InChI is InChI=1S/C11H9BrClNO3S2/c12-9-5-7(1-3-10(9)13)14-19(16,17)11-4-2-8(6-15)18-11/h1-5,14-15H,6H2. The van der Waals surface area contributed by atoms with Crippen LogP contribution in [0.2, 0.25) is 5.02 Å². The Labute approximate surface area is 128 Å². The van der Waals surface area contributed by atoms with E-state index in [2.05, 4.69) is 20.7 Å². The molecule has 2 N–H and O–H groups in total. The van der Waals surface area contributed by atoms with Crippen LogP contribution in [0.4, 0.5) is 5.69 Å². The van der Waals surface area contributed by atoms with E-state index in [4.69, 9.17) is 16.7 Å². The molecule has 0 aliphatic rings. The van der Waals surface area contributed by atoms with Gasteiger partial charge in [-0.1, -0.05) is 11.6 Å². The zero-order valence-electron chi connectivity index (χ0n) is 9.43. The number of aliphatic hydroxyl groups is 1. The number of hydrogen-bond acceptors (Lipinski definition) is 4. The number of sulfonamides is 1. The second-order valence-electron chi connectivity index (χ2n) is 3.61. The highest BCUT2D eigenvalue weighted by Crippen LogP contribution is 2.28. The maximum absolute atomic E-state index is 12.1. The minimum Gasteiger partial charge on any atom is -0.391 e. The number of aliphatic hydroxyl groups excluding tert-OH is 1. The number of nitrogens with one attached hydrogen (secondary N) is 1. The fourth-order valence-corrected chi connectivity index (χ4v) is 4.11. The normalized spacial score (nSPS) is 11.5. The fraction of sp³-hybridized carbons (Fsp3) is 0.0909. The Bertz CT molecular complexity index is 700. The Balaban J connectivity index is 2.28. The number of rotatable bonds is 4. The summed E-state index contributed by atoms with van der Waals surface area (Å²) in [7, 11) is -3.64. The highest BCUT2D eigenvalue weighted by Gasteiger charge is 2.17. The SMILES string of the molecule is O=S(=O)(Nc1ccc(Cl)c(Br)c1)c1ccc(CO)s1. The fourth-order valence-electron chi connectivity index (χ4n) is 1.35. The second-order valence-corrected chi connectivity index (χ2v) is 7.95. The average Bonchev–Trinajstić information content (AvgIpc) is 2.83. The van der Waals surface area contributed by atoms with Gasteiger partial charge < -0.3 is 5.11 Å². The molecule has 4 nitrogen and oxygen atoms in total. The Morgan fingerprint density at radius 3 is 2.63 bits per heavy atom. The number of benzene rings is 1. The summed E-state index contributed by atoms with van der Waals surface area (Å²) >= 11 is 10.1. The molecule has 0 unspecified atom stereocenters. The third-order valence-corrected chi connectivity index (χ3v) is 6.39.